The predicted octanol–water partition coefficient (Wildman–Crippen LogP) is 3.28. The van der Waals surface area contributed by atoms with Gasteiger partial charge < -0.3 is 19.8 Å². The highest BCUT2D eigenvalue weighted by atomic mass is 32.1. The number of anilines is 1. The van der Waals surface area contributed by atoms with Gasteiger partial charge in [-0.1, -0.05) is 25.1 Å². The van der Waals surface area contributed by atoms with Crippen molar-refractivity contribution in [1.82, 2.24) is 15.1 Å². The number of nitrogen functional groups attached to an aromatic ring is 1. The summed E-state index contributed by atoms with van der Waals surface area (Å²) in [4.78, 5) is 27.3. The highest BCUT2D eigenvalue weighted by molar-refractivity contribution is 7.13. The molecule has 152 valence electrons. The zero-order valence-corrected chi connectivity index (χ0v) is 17.1. The number of carbonyl (C=O) groups excluding carboxylic acids is 2. The fourth-order valence-corrected chi connectivity index (χ4v) is 3.34. The number of esters is 1. The molecule has 0 unspecified atom stereocenters. The van der Waals surface area contributed by atoms with E-state index in [9.17, 15) is 9.59 Å². The van der Waals surface area contributed by atoms with E-state index in [1.807, 2.05) is 24.4 Å². The third-order valence-corrected chi connectivity index (χ3v) is 5.10. The summed E-state index contributed by atoms with van der Waals surface area (Å²) in [7, 11) is 0. The summed E-state index contributed by atoms with van der Waals surface area (Å²) in [6.07, 6.45) is 0.733. The van der Waals surface area contributed by atoms with Gasteiger partial charge in [0.25, 0.3) is 11.8 Å². The van der Waals surface area contributed by atoms with Crippen LogP contribution in [0.1, 0.15) is 35.2 Å². The Hall–Kier alpha value is -3.20. The molecule has 0 bridgehead atoms. The van der Waals surface area contributed by atoms with Gasteiger partial charge >= 0.3 is 5.97 Å². The molecule has 2 aromatic heterocycles. The number of amides is 1. The molecular formula is C20H22N4O4S. The molecule has 0 aliphatic heterocycles. The zero-order valence-electron chi connectivity index (χ0n) is 16.3. The van der Waals surface area contributed by atoms with E-state index < -0.39 is 12.6 Å². The molecule has 0 saturated carbocycles. The summed E-state index contributed by atoms with van der Waals surface area (Å²) >= 11 is 1.49. The van der Waals surface area contributed by atoms with Crippen molar-refractivity contribution in [3.63, 3.8) is 0 Å². The fourth-order valence-electron chi connectivity index (χ4n) is 2.70. The maximum absolute atomic E-state index is 12.6. The molecule has 0 aliphatic rings. The number of carbonyl (C=O) groups is 2. The van der Waals surface area contributed by atoms with E-state index >= 15 is 0 Å². The van der Waals surface area contributed by atoms with Crippen molar-refractivity contribution in [3.8, 4) is 10.8 Å². The molecule has 0 spiro atoms. The lowest BCUT2D eigenvalue weighted by Crippen LogP contribution is -2.35. The molecule has 9 heteroatoms. The number of aromatic nitrogens is 2. The second-order valence-electron chi connectivity index (χ2n) is 6.41. The second kappa shape index (κ2) is 9.33. The van der Waals surface area contributed by atoms with Crippen LogP contribution in [0.15, 0.2) is 40.1 Å². The van der Waals surface area contributed by atoms with Gasteiger partial charge in [0.15, 0.2) is 6.61 Å². The van der Waals surface area contributed by atoms with E-state index in [1.165, 1.54) is 16.2 Å². The average molecular weight is 414 g/mol. The summed E-state index contributed by atoms with van der Waals surface area (Å²) < 4.78 is 10.8. The Morgan fingerprint density at radius 3 is 2.79 bits per heavy atom. The molecule has 29 heavy (non-hydrogen) atoms. The third kappa shape index (κ3) is 5.00. The normalized spacial score (nSPS) is 10.7. The first-order chi connectivity index (χ1) is 14.0. The molecule has 0 saturated heterocycles. The van der Waals surface area contributed by atoms with Crippen LogP contribution in [0.5, 0.6) is 0 Å². The third-order valence-electron chi connectivity index (χ3n) is 4.24. The SMILES string of the molecule is CCCN(Cc1nnc(-c2cccs2)o1)C(=O)COC(=O)c1cccc(C)c1N. The Morgan fingerprint density at radius 1 is 1.24 bits per heavy atom. The van der Waals surface area contributed by atoms with Crippen LogP contribution in [0.25, 0.3) is 10.8 Å². The number of ether oxygens (including phenoxy) is 1. The highest BCUT2D eigenvalue weighted by Gasteiger charge is 2.20. The van der Waals surface area contributed by atoms with Gasteiger partial charge in [0.2, 0.25) is 5.89 Å². The van der Waals surface area contributed by atoms with Crippen LogP contribution in [-0.2, 0) is 16.1 Å². The Bertz CT molecular complexity index is 984. The quantitative estimate of drug-likeness (QED) is 0.445. The molecule has 0 aliphatic carbocycles. The Kier molecular flexibility index (Phi) is 6.61. The van der Waals surface area contributed by atoms with Crippen LogP contribution in [0.2, 0.25) is 0 Å². The molecule has 2 heterocycles. The van der Waals surface area contributed by atoms with Crippen LogP contribution >= 0.6 is 11.3 Å². The number of nitrogens with two attached hydrogens (primary N) is 1. The van der Waals surface area contributed by atoms with Crippen molar-refractivity contribution in [2.75, 3.05) is 18.9 Å². The van der Waals surface area contributed by atoms with Crippen LogP contribution in [0.4, 0.5) is 5.69 Å². The number of aryl methyl sites for hydroxylation is 1. The molecule has 3 rings (SSSR count). The monoisotopic (exact) mass is 414 g/mol. The summed E-state index contributed by atoms with van der Waals surface area (Å²) in [5.41, 5.74) is 7.29. The Balaban J connectivity index is 1.62. The Morgan fingerprint density at radius 2 is 2.07 bits per heavy atom. The fraction of sp³-hybridized carbons (Fsp3) is 0.300. The highest BCUT2D eigenvalue weighted by Crippen LogP contribution is 2.23. The van der Waals surface area contributed by atoms with Crippen LogP contribution < -0.4 is 5.73 Å². The van der Waals surface area contributed by atoms with E-state index in [2.05, 4.69) is 10.2 Å². The van der Waals surface area contributed by atoms with Gasteiger partial charge in [-0.05, 0) is 36.4 Å². The minimum Gasteiger partial charge on any atom is -0.452 e. The number of hydrogen-bond donors (Lipinski definition) is 1. The molecule has 0 atom stereocenters. The molecular weight excluding hydrogens is 392 g/mol. The van der Waals surface area contributed by atoms with Crippen molar-refractivity contribution >= 4 is 28.9 Å². The summed E-state index contributed by atoms with van der Waals surface area (Å²) in [6.45, 7) is 3.98. The van der Waals surface area contributed by atoms with Crippen LogP contribution in [0, 0.1) is 6.92 Å². The van der Waals surface area contributed by atoms with Crippen LogP contribution in [0.3, 0.4) is 0 Å². The first kappa shape index (κ1) is 20.5. The minimum atomic E-state index is -0.631. The van der Waals surface area contributed by atoms with Gasteiger partial charge in [0, 0.05) is 12.2 Å². The number of thiophene rings is 1. The molecule has 2 N–H and O–H groups in total. The van der Waals surface area contributed by atoms with Gasteiger partial charge in [-0.15, -0.1) is 21.5 Å². The lowest BCUT2D eigenvalue weighted by Gasteiger charge is -2.20. The van der Waals surface area contributed by atoms with E-state index in [1.54, 1.807) is 25.1 Å². The van der Waals surface area contributed by atoms with Crippen molar-refractivity contribution in [3.05, 3.63) is 52.7 Å². The predicted molar refractivity (Wildman–Crippen MR) is 109 cm³/mol. The number of rotatable bonds is 8. The van der Waals surface area contributed by atoms with Gasteiger partial charge in [0.05, 0.1) is 17.0 Å². The smallest absolute Gasteiger partial charge is 0.340 e. The first-order valence-electron chi connectivity index (χ1n) is 9.15. The van der Waals surface area contributed by atoms with Crippen LogP contribution in [-0.4, -0.2) is 40.1 Å². The van der Waals surface area contributed by atoms with Gasteiger partial charge in [-0.2, -0.15) is 0 Å². The second-order valence-corrected chi connectivity index (χ2v) is 7.35. The molecule has 0 fully saturated rings. The van der Waals surface area contributed by atoms with Crippen molar-refractivity contribution in [2.24, 2.45) is 0 Å². The molecule has 3 aromatic rings. The largest absolute Gasteiger partial charge is 0.452 e. The lowest BCUT2D eigenvalue weighted by atomic mass is 10.1. The zero-order chi connectivity index (χ0) is 20.8. The maximum atomic E-state index is 12.6. The van der Waals surface area contributed by atoms with E-state index in [-0.39, 0.29) is 18.0 Å². The van der Waals surface area contributed by atoms with E-state index in [4.69, 9.17) is 14.9 Å². The molecule has 1 amide bonds. The van der Waals surface area contributed by atoms with Gasteiger partial charge in [-0.25, -0.2) is 4.79 Å². The number of para-hydroxylation sites is 1. The van der Waals surface area contributed by atoms with E-state index in [0.717, 1.165) is 16.9 Å². The molecule has 8 nitrogen and oxygen atoms in total. The summed E-state index contributed by atoms with van der Waals surface area (Å²) in [5.74, 6) is -0.235. The van der Waals surface area contributed by atoms with Gasteiger partial charge in [-0.3, -0.25) is 4.79 Å². The van der Waals surface area contributed by atoms with Gasteiger partial charge in [0.1, 0.15) is 0 Å². The number of hydrogen-bond acceptors (Lipinski definition) is 8. The summed E-state index contributed by atoms with van der Waals surface area (Å²) in [5, 5.41) is 9.95. The Labute approximate surface area is 172 Å². The van der Waals surface area contributed by atoms with Crippen molar-refractivity contribution < 1.29 is 18.7 Å². The standard InChI is InChI=1S/C20H22N4O4S/c1-3-9-24(11-16-22-23-19(28-16)15-8-5-10-29-15)17(25)12-27-20(26)14-7-4-6-13(2)18(14)21/h4-8,10H,3,9,11-12,21H2,1-2H3. The topological polar surface area (TPSA) is 112 Å². The molecule has 1 aromatic carbocycles. The van der Waals surface area contributed by atoms with Crippen molar-refractivity contribution in [2.45, 2.75) is 26.8 Å². The lowest BCUT2D eigenvalue weighted by molar-refractivity contribution is -0.135. The number of nitrogens with zero attached hydrogens (tertiary/aromatic N) is 3. The summed E-state index contributed by atoms with van der Waals surface area (Å²) in [6, 6.07) is 8.87. The maximum Gasteiger partial charge on any atom is 0.340 e. The van der Waals surface area contributed by atoms with Crippen molar-refractivity contribution in [1.29, 1.82) is 0 Å². The molecule has 0 radical (unpaired) electrons. The first-order valence-corrected chi connectivity index (χ1v) is 10.0. The number of benzene rings is 1. The average Bonchev–Trinajstić information content (AvgIpc) is 3.39. The van der Waals surface area contributed by atoms with E-state index in [0.29, 0.717) is 24.0 Å². The minimum absolute atomic E-state index is 0.148.